The summed E-state index contributed by atoms with van der Waals surface area (Å²) in [6.07, 6.45) is 1.43. The summed E-state index contributed by atoms with van der Waals surface area (Å²) >= 11 is 0. The van der Waals surface area contributed by atoms with Crippen molar-refractivity contribution < 1.29 is 18.7 Å². The first-order chi connectivity index (χ1) is 10.6. The van der Waals surface area contributed by atoms with Crippen molar-refractivity contribution in [2.75, 3.05) is 26.3 Å². The molecule has 0 bridgehead atoms. The van der Waals surface area contributed by atoms with Crippen LogP contribution in [0.2, 0.25) is 0 Å². The SMILES string of the molecule is CCNC(=O)C(=O)NCC1(c2ccc(F)cc2)CCOCC1. The summed E-state index contributed by atoms with van der Waals surface area (Å²) in [5.74, 6) is -1.57. The molecule has 0 aliphatic carbocycles. The zero-order valence-electron chi connectivity index (χ0n) is 12.7. The van der Waals surface area contributed by atoms with E-state index in [2.05, 4.69) is 10.6 Å². The molecule has 6 heteroatoms. The van der Waals surface area contributed by atoms with Gasteiger partial charge in [0.05, 0.1) is 0 Å². The van der Waals surface area contributed by atoms with Crippen LogP contribution in [0.5, 0.6) is 0 Å². The molecule has 0 unspecified atom stereocenters. The Kier molecular flexibility index (Phi) is 5.49. The lowest BCUT2D eigenvalue weighted by molar-refractivity contribution is -0.139. The lowest BCUT2D eigenvalue weighted by Crippen LogP contribution is -2.48. The predicted molar refractivity (Wildman–Crippen MR) is 79.8 cm³/mol. The fourth-order valence-electron chi connectivity index (χ4n) is 2.70. The number of benzene rings is 1. The Morgan fingerprint density at radius 1 is 1.14 bits per heavy atom. The third-order valence-electron chi connectivity index (χ3n) is 4.04. The van der Waals surface area contributed by atoms with Gasteiger partial charge < -0.3 is 15.4 Å². The summed E-state index contributed by atoms with van der Waals surface area (Å²) in [7, 11) is 0. The quantitative estimate of drug-likeness (QED) is 0.819. The molecule has 1 aromatic rings. The summed E-state index contributed by atoms with van der Waals surface area (Å²) in [4.78, 5) is 23.3. The van der Waals surface area contributed by atoms with Crippen molar-refractivity contribution in [1.82, 2.24) is 10.6 Å². The summed E-state index contributed by atoms with van der Waals surface area (Å²) in [6, 6.07) is 6.30. The van der Waals surface area contributed by atoms with E-state index < -0.39 is 11.8 Å². The van der Waals surface area contributed by atoms with Gasteiger partial charge in [0.2, 0.25) is 0 Å². The van der Waals surface area contributed by atoms with Crippen LogP contribution in [-0.4, -0.2) is 38.1 Å². The molecule has 1 fully saturated rings. The van der Waals surface area contributed by atoms with Crippen LogP contribution in [0, 0.1) is 5.82 Å². The number of carbonyl (C=O) groups is 2. The van der Waals surface area contributed by atoms with Crippen LogP contribution >= 0.6 is 0 Å². The van der Waals surface area contributed by atoms with E-state index in [1.807, 2.05) is 0 Å². The highest BCUT2D eigenvalue weighted by Crippen LogP contribution is 2.34. The lowest BCUT2D eigenvalue weighted by Gasteiger charge is -2.37. The molecule has 0 spiro atoms. The Bertz CT molecular complexity index is 525. The molecular weight excluding hydrogens is 287 g/mol. The van der Waals surface area contributed by atoms with Gasteiger partial charge in [-0.1, -0.05) is 12.1 Å². The smallest absolute Gasteiger partial charge is 0.309 e. The summed E-state index contributed by atoms with van der Waals surface area (Å²) in [6.45, 7) is 3.65. The first kappa shape index (κ1) is 16.4. The molecule has 0 saturated carbocycles. The predicted octanol–water partition coefficient (Wildman–Crippen LogP) is 1.13. The van der Waals surface area contributed by atoms with Gasteiger partial charge in [0, 0.05) is 31.7 Å². The highest BCUT2D eigenvalue weighted by Gasteiger charge is 2.35. The topological polar surface area (TPSA) is 67.4 Å². The van der Waals surface area contributed by atoms with E-state index in [0.29, 0.717) is 39.1 Å². The van der Waals surface area contributed by atoms with Crippen LogP contribution in [0.1, 0.15) is 25.3 Å². The fraction of sp³-hybridized carbons (Fsp3) is 0.500. The molecule has 1 heterocycles. The van der Waals surface area contributed by atoms with Crippen molar-refractivity contribution in [3.8, 4) is 0 Å². The highest BCUT2D eigenvalue weighted by molar-refractivity contribution is 6.35. The normalized spacial score (nSPS) is 16.8. The molecule has 0 radical (unpaired) electrons. The van der Waals surface area contributed by atoms with Crippen LogP contribution in [0.4, 0.5) is 4.39 Å². The van der Waals surface area contributed by atoms with Crippen LogP contribution in [-0.2, 0) is 19.7 Å². The Balaban J connectivity index is 2.11. The van der Waals surface area contributed by atoms with Crippen LogP contribution in [0.25, 0.3) is 0 Å². The number of carbonyl (C=O) groups excluding carboxylic acids is 2. The average Bonchev–Trinajstić information content (AvgIpc) is 2.54. The van der Waals surface area contributed by atoms with E-state index in [1.54, 1.807) is 19.1 Å². The molecule has 0 aromatic heterocycles. The number of likely N-dealkylation sites (N-methyl/N-ethyl adjacent to an activating group) is 1. The van der Waals surface area contributed by atoms with Gasteiger partial charge in [-0.25, -0.2) is 4.39 Å². The average molecular weight is 308 g/mol. The maximum atomic E-state index is 13.1. The molecule has 22 heavy (non-hydrogen) atoms. The summed E-state index contributed by atoms with van der Waals surface area (Å²) < 4.78 is 18.5. The Hall–Kier alpha value is -1.95. The molecular formula is C16H21FN2O3. The number of ether oxygens (including phenoxy) is 1. The number of hydrogen-bond donors (Lipinski definition) is 2. The van der Waals surface area contributed by atoms with E-state index in [0.717, 1.165) is 5.56 Å². The van der Waals surface area contributed by atoms with E-state index in [9.17, 15) is 14.0 Å². The van der Waals surface area contributed by atoms with Gasteiger partial charge in [-0.05, 0) is 37.5 Å². The Labute approximate surface area is 129 Å². The molecule has 2 amide bonds. The van der Waals surface area contributed by atoms with Crippen LogP contribution < -0.4 is 10.6 Å². The molecule has 120 valence electrons. The molecule has 5 nitrogen and oxygen atoms in total. The van der Waals surface area contributed by atoms with Crippen molar-refractivity contribution in [3.05, 3.63) is 35.6 Å². The van der Waals surface area contributed by atoms with Gasteiger partial charge in [0.15, 0.2) is 0 Å². The van der Waals surface area contributed by atoms with Crippen molar-refractivity contribution >= 4 is 11.8 Å². The number of halogens is 1. The van der Waals surface area contributed by atoms with Gasteiger partial charge in [-0.3, -0.25) is 9.59 Å². The number of amides is 2. The molecule has 1 aliphatic rings. The third kappa shape index (κ3) is 3.82. The van der Waals surface area contributed by atoms with Crippen molar-refractivity contribution in [3.63, 3.8) is 0 Å². The second kappa shape index (κ2) is 7.35. The first-order valence-electron chi connectivity index (χ1n) is 7.47. The monoisotopic (exact) mass is 308 g/mol. The second-order valence-corrected chi connectivity index (χ2v) is 5.44. The van der Waals surface area contributed by atoms with Gasteiger partial charge in [-0.15, -0.1) is 0 Å². The van der Waals surface area contributed by atoms with E-state index in [1.165, 1.54) is 12.1 Å². The van der Waals surface area contributed by atoms with Gasteiger partial charge in [-0.2, -0.15) is 0 Å². The van der Waals surface area contributed by atoms with Gasteiger partial charge in [0.25, 0.3) is 0 Å². The molecule has 1 aliphatic heterocycles. The standard InChI is InChI=1S/C16H21FN2O3/c1-2-18-14(20)15(21)19-11-16(7-9-22-10-8-16)12-3-5-13(17)6-4-12/h3-6H,2,7-11H2,1H3,(H,18,20)(H,19,21). The zero-order valence-corrected chi connectivity index (χ0v) is 12.7. The molecule has 2 N–H and O–H groups in total. The molecule has 2 rings (SSSR count). The first-order valence-corrected chi connectivity index (χ1v) is 7.47. The molecule has 1 aromatic carbocycles. The number of nitrogens with one attached hydrogen (secondary N) is 2. The Morgan fingerprint density at radius 2 is 1.73 bits per heavy atom. The number of hydrogen-bond acceptors (Lipinski definition) is 3. The van der Waals surface area contributed by atoms with Crippen LogP contribution in [0.15, 0.2) is 24.3 Å². The largest absolute Gasteiger partial charge is 0.381 e. The van der Waals surface area contributed by atoms with E-state index in [4.69, 9.17) is 4.74 Å². The maximum absolute atomic E-state index is 13.1. The fourth-order valence-corrected chi connectivity index (χ4v) is 2.70. The third-order valence-corrected chi connectivity index (χ3v) is 4.04. The van der Waals surface area contributed by atoms with Crippen molar-refractivity contribution in [2.24, 2.45) is 0 Å². The molecule has 1 saturated heterocycles. The Morgan fingerprint density at radius 3 is 2.32 bits per heavy atom. The van der Waals surface area contributed by atoms with Crippen molar-refractivity contribution in [1.29, 1.82) is 0 Å². The zero-order chi connectivity index (χ0) is 16.0. The van der Waals surface area contributed by atoms with Gasteiger partial charge >= 0.3 is 11.8 Å². The minimum Gasteiger partial charge on any atom is -0.381 e. The molecule has 0 atom stereocenters. The number of rotatable bonds is 4. The minimum atomic E-state index is -0.644. The van der Waals surface area contributed by atoms with Crippen molar-refractivity contribution in [2.45, 2.75) is 25.2 Å². The maximum Gasteiger partial charge on any atom is 0.309 e. The lowest BCUT2D eigenvalue weighted by atomic mass is 9.74. The highest BCUT2D eigenvalue weighted by atomic mass is 19.1. The second-order valence-electron chi connectivity index (χ2n) is 5.44. The summed E-state index contributed by atoms with van der Waals surface area (Å²) in [5.41, 5.74) is 0.627. The van der Waals surface area contributed by atoms with E-state index in [-0.39, 0.29) is 11.2 Å². The van der Waals surface area contributed by atoms with E-state index >= 15 is 0 Å². The van der Waals surface area contributed by atoms with Gasteiger partial charge in [0.1, 0.15) is 5.82 Å². The summed E-state index contributed by atoms with van der Waals surface area (Å²) in [5, 5.41) is 5.16. The van der Waals surface area contributed by atoms with Crippen LogP contribution in [0.3, 0.4) is 0 Å². The minimum absolute atomic E-state index is 0.294.